The highest BCUT2D eigenvalue weighted by Crippen LogP contribution is 2.35. The maximum Gasteiger partial charge on any atom is 0.225 e. The zero-order valence-electron chi connectivity index (χ0n) is 9.91. The summed E-state index contributed by atoms with van der Waals surface area (Å²) in [5.41, 5.74) is 0.417. The van der Waals surface area contributed by atoms with E-state index in [1.165, 1.54) is 0 Å². The van der Waals surface area contributed by atoms with Crippen LogP contribution in [0.4, 0.5) is 0 Å². The summed E-state index contributed by atoms with van der Waals surface area (Å²) < 4.78 is 0. The van der Waals surface area contributed by atoms with Crippen LogP contribution in [0.1, 0.15) is 39.0 Å². The molecule has 4 heteroatoms. The number of allylic oxidation sites excluding steroid dienone is 2. The molecule has 3 nitrogen and oxygen atoms in total. The minimum Gasteiger partial charge on any atom is -0.299 e. The Labute approximate surface area is 106 Å². The molecule has 0 N–H and O–H groups in total. The van der Waals surface area contributed by atoms with E-state index >= 15 is 0 Å². The highest BCUT2D eigenvalue weighted by molar-refractivity contribution is 6.64. The first kappa shape index (κ1) is 13.9. The standard InChI is InChI=1S/C13H16ClNO2/c1-2-3-4-5-9(8-15)12-10(13(14)17)6-7-11(12)16/h5,10,12H,2-4,6-7H2,1H3/b9-5+. The molecule has 0 spiro atoms. The lowest BCUT2D eigenvalue weighted by Crippen LogP contribution is -2.21. The van der Waals surface area contributed by atoms with Crippen molar-refractivity contribution in [2.24, 2.45) is 11.8 Å². The van der Waals surface area contributed by atoms with Gasteiger partial charge in [-0.15, -0.1) is 0 Å². The number of Topliss-reactive ketones (excluding diaryl/α,β-unsaturated/α-hetero) is 1. The third kappa shape index (κ3) is 3.41. The van der Waals surface area contributed by atoms with Gasteiger partial charge >= 0.3 is 0 Å². The molecule has 1 saturated carbocycles. The number of carbonyl (C=O) groups is 2. The molecule has 1 rings (SSSR count). The first-order valence-electron chi connectivity index (χ1n) is 5.94. The van der Waals surface area contributed by atoms with Gasteiger partial charge in [0, 0.05) is 17.9 Å². The molecule has 92 valence electrons. The van der Waals surface area contributed by atoms with Crippen LogP contribution in [0, 0.1) is 23.2 Å². The molecule has 2 atom stereocenters. The summed E-state index contributed by atoms with van der Waals surface area (Å²) in [4.78, 5) is 22.9. The largest absolute Gasteiger partial charge is 0.299 e. The number of hydrogen-bond donors (Lipinski definition) is 0. The first-order chi connectivity index (χ1) is 8.11. The van der Waals surface area contributed by atoms with Crippen molar-refractivity contribution < 1.29 is 9.59 Å². The number of halogens is 1. The molecule has 0 aromatic rings. The topological polar surface area (TPSA) is 57.9 Å². The SMILES string of the molecule is CCCC/C=C(\C#N)C1C(=O)CCC1C(=O)Cl. The number of nitriles is 1. The second-order valence-electron chi connectivity index (χ2n) is 4.31. The first-order valence-corrected chi connectivity index (χ1v) is 6.31. The van der Waals surface area contributed by atoms with Crippen LogP contribution in [-0.4, -0.2) is 11.0 Å². The number of ketones is 1. The monoisotopic (exact) mass is 253 g/mol. The zero-order chi connectivity index (χ0) is 12.8. The van der Waals surface area contributed by atoms with Crippen molar-refractivity contribution in [1.29, 1.82) is 5.26 Å². The average molecular weight is 254 g/mol. The Morgan fingerprint density at radius 1 is 1.65 bits per heavy atom. The van der Waals surface area contributed by atoms with Crippen LogP contribution < -0.4 is 0 Å². The smallest absolute Gasteiger partial charge is 0.225 e. The van der Waals surface area contributed by atoms with Crippen LogP contribution in [0.2, 0.25) is 0 Å². The number of nitrogens with zero attached hydrogens (tertiary/aromatic N) is 1. The summed E-state index contributed by atoms with van der Waals surface area (Å²) in [5.74, 6) is -1.13. The van der Waals surface area contributed by atoms with E-state index < -0.39 is 17.1 Å². The van der Waals surface area contributed by atoms with Gasteiger partial charge in [0.1, 0.15) is 5.78 Å². The summed E-state index contributed by atoms with van der Waals surface area (Å²) in [5, 5.41) is 8.58. The van der Waals surface area contributed by atoms with Crippen LogP contribution in [0.25, 0.3) is 0 Å². The van der Waals surface area contributed by atoms with Crippen molar-refractivity contribution in [1.82, 2.24) is 0 Å². The van der Waals surface area contributed by atoms with E-state index in [1.807, 2.05) is 6.07 Å². The van der Waals surface area contributed by atoms with Crippen molar-refractivity contribution in [3.63, 3.8) is 0 Å². The molecule has 0 aromatic heterocycles. The van der Waals surface area contributed by atoms with Gasteiger partial charge in [-0.25, -0.2) is 0 Å². The van der Waals surface area contributed by atoms with E-state index in [4.69, 9.17) is 16.9 Å². The van der Waals surface area contributed by atoms with Crippen molar-refractivity contribution in [3.05, 3.63) is 11.6 Å². The van der Waals surface area contributed by atoms with E-state index in [1.54, 1.807) is 6.08 Å². The van der Waals surface area contributed by atoms with Gasteiger partial charge in [-0.05, 0) is 24.4 Å². The van der Waals surface area contributed by atoms with Gasteiger partial charge in [-0.1, -0.05) is 25.8 Å². The summed E-state index contributed by atoms with van der Waals surface area (Å²) in [7, 11) is 0. The fourth-order valence-corrected chi connectivity index (χ4v) is 2.42. The second-order valence-corrected chi connectivity index (χ2v) is 4.68. The molecular formula is C13H16ClNO2. The molecule has 0 amide bonds. The van der Waals surface area contributed by atoms with Crippen molar-refractivity contribution in [3.8, 4) is 6.07 Å². The predicted molar refractivity (Wildman–Crippen MR) is 65.3 cm³/mol. The minimum absolute atomic E-state index is 0.0340. The number of unbranched alkanes of at least 4 members (excludes halogenated alkanes) is 2. The molecule has 1 fully saturated rings. The molecule has 0 aromatic carbocycles. The normalized spacial score (nSPS) is 24.8. The fraction of sp³-hybridized carbons (Fsp3) is 0.615. The highest BCUT2D eigenvalue weighted by Gasteiger charge is 2.40. The summed E-state index contributed by atoms with van der Waals surface area (Å²) in [6, 6.07) is 2.05. The quantitative estimate of drug-likeness (QED) is 0.430. The minimum atomic E-state index is -0.596. The maximum absolute atomic E-state index is 11.7. The van der Waals surface area contributed by atoms with Crippen LogP contribution in [0.3, 0.4) is 0 Å². The molecule has 0 bridgehead atoms. The molecule has 17 heavy (non-hydrogen) atoms. The third-order valence-corrected chi connectivity index (χ3v) is 3.41. The lowest BCUT2D eigenvalue weighted by molar-refractivity contribution is -0.123. The molecule has 2 unspecified atom stereocenters. The second kappa shape index (κ2) is 6.56. The third-order valence-electron chi connectivity index (χ3n) is 3.13. The van der Waals surface area contributed by atoms with E-state index in [-0.39, 0.29) is 5.78 Å². The van der Waals surface area contributed by atoms with Gasteiger partial charge in [0.05, 0.1) is 12.0 Å². The van der Waals surface area contributed by atoms with Crippen LogP contribution in [0.15, 0.2) is 11.6 Å². The maximum atomic E-state index is 11.7. The van der Waals surface area contributed by atoms with E-state index in [0.29, 0.717) is 18.4 Å². The molecular weight excluding hydrogens is 238 g/mol. The molecule has 0 radical (unpaired) electrons. The lowest BCUT2D eigenvalue weighted by atomic mass is 9.88. The van der Waals surface area contributed by atoms with Crippen molar-refractivity contribution in [2.75, 3.05) is 0 Å². The lowest BCUT2D eigenvalue weighted by Gasteiger charge is -2.13. The van der Waals surface area contributed by atoms with E-state index in [9.17, 15) is 9.59 Å². The summed E-state index contributed by atoms with van der Waals surface area (Å²) in [6.07, 6.45) is 5.38. The molecule has 1 aliphatic carbocycles. The van der Waals surface area contributed by atoms with Gasteiger partial charge in [0.25, 0.3) is 0 Å². The number of hydrogen-bond acceptors (Lipinski definition) is 3. The predicted octanol–water partition coefficient (Wildman–Crippen LogP) is 2.99. The van der Waals surface area contributed by atoms with E-state index in [2.05, 4.69) is 6.92 Å². The van der Waals surface area contributed by atoms with Crippen LogP contribution in [-0.2, 0) is 9.59 Å². The van der Waals surface area contributed by atoms with Gasteiger partial charge in [0.15, 0.2) is 0 Å². The zero-order valence-corrected chi connectivity index (χ0v) is 10.7. The Bertz CT molecular complexity index is 381. The van der Waals surface area contributed by atoms with Gasteiger partial charge in [-0.3, -0.25) is 9.59 Å². The summed E-state index contributed by atoms with van der Waals surface area (Å²) in [6.45, 7) is 2.06. The van der Waals surface area contributed by atoms with Crippen LogP contribution >= 0.6 is 11.6 Å². The van der Waals surface area contributed by atoms with Gasteiger partial charge in [0.2, 0.25) is 5.24 Å². The van der Waals surface area contributed by atoms with E-state index in [0.717, 1.165) is 19.3 Å². The fourth-order valence-electron chi connectivity index (χ4n) is 2.18. The molecule has 0 heterocycles. The van der Waals surface area contributed by atoms with Gasteiger partial charge < -0.3 is 0 Å². The van der Waals surface area contributed by atoms with Gasteiger partial charge in [-0.2, -0.15) is 5.26 Å². The Kier molecular flexibility index (Phi) is 5.37. The number of rotatable bonds is 5. The van der Waals surface area contributed by atoms with Crippen molar-refractivity contribution in [2.45, 2.75) is 39.0 Å². The van der Waals surface area contributed by atoms with Crippen molar-refractivity contribution >= 4 is 22.6 Å². The Hall–Kier alpha value is -1.14. The molecule has 1 aliphatic rings. The Morgan fingerprint density at radius 2 is 2.35 bits per heavy atom. The summed E-state index contributed by atoms with van der Waals surface area (Å²) >= 11 is 5.48. The average Bonchev–Trinajstić information content (AvgIpc) is 2.67. The number of carbonyl (C=O) groups excluding carboxylic acids is 2. The molecule has 0 saturated heterocycles. The molecule has 0 aliphatic heterocycles. The Balaban J connectivity index is 2.86. The Morgan fingerprint density at radius 3 is 2.88 bits per heavy atom. The highest BCUT2D eigenvalue weighted by atomic mass is 35.5. The van der Waals surface area contributed by atoms with Crippen LogP contribution in [0.5, 0.6) is 0 Å².